The summed E-state index contributed by atoms with van der Waals surface area (Å²) < 4.78 is 1.01. The van der Waals surface area contributed by atoms with Crippen LogP contribution in [0.4, 0.5) is 5.69 Å². The van der Waals surface area contributed by atoms with Gasteiger partial charge in [0.05, 0.1) is 0 Å². The van der Waals surface area contributed by atoms with Crippen LogP contribution in [-0.2, 0) is 0 Å². The molecular formula is C11H15BrClN. The molecule has 0 aromatic heterocycles. The minimum Gasteiger partial charge on any atom is -0.382 e. The standard InChI is InChI=1S/C11H15BrClN/c1-3-10(4-2)14-11-6-8(12)5-9(13)7-11/h5-7,10,14H,3-4H2,1-2H3. The molecule has 0 fully saturated rings. The van der Waals surface area contributed by atoms with E-state index in [-0.39, 0.29) is 0 Å². The largest absolute Gasteiger partial charge is 0.382 e. The Kier molecular flexibility index (Phi) is 4.76. The molecule has 78 valence electrons. The van der Waals surface area contributed by atoms with Crippen LogP contribution in [0.15, 0.2) is 22.7 Å². The lowest BCUT2D eigenvalue weighted by Gasteiger charge is -2.16. The van der Waals surface area contributed by atoms with Gasteiger partial charge in [0.2, 0.25) is 0 Å². The lowest BCUT2D eigenvalue weighted by atomic mass is 10.1. The van der Waals surface area contributed by atoms with Crippen LogP contribution < -0.4 is 5.32 Å². The fourth-order valence-corrected chi connectivity index (χ4v) is 2.23. The van der Waals surface area contributed by atoms with E-state index in [0.29, 0.717) is 6.04 Å². The van der Waals surface area contributed by atoms with E-state index in [4.69, 9.17) is 11.6 Å². The normalized spacial score (nSPS) is 10.6. The predicted octanol–water partition coefficient (Wildman–Crippen LogP) is 4.70. The third-order valence-corrected chi connectivity index (χ3v) is 2.90. The molecule has 0 radical (unpaired) electrons. The number of halogens is 2. The van der Waals surface area contributed by atoms with Crippen molar-refractivity contribution in [2.45, 2.75) is 32.7 Å². The lowest BCUT2D eigenvalue weighted by Crippen LogP contribution is -2.16. The Morgan fingerprint density at radius 1 is 1.29 bits per heavy atom. The third kappa shape index (κ3) is 3.50. The van der Waals surface area contributed by atoms with Gasteiger partial charge in [0.25, 0.3) is 0 Å². The molecule has 0 unspecified atom stereocenters. The van der Waals surface area contributed by atoms with Crippen molar-refractivity contribution in [1.82, 2.24) is 0 Å². The Bertz CT molecular complexity index is 277. The van der Waals surface area contributed by atoms with Crippen LogP contribution in [0.3, 0.4) is 0 Å². The molecule has 1 rings (SSSR count). The molecule has 3 heteroatoms. The number of nitrogens with one attached hydrogen (secondary N) is 1. The van der Waals surface area contributed by atoms with E-state index in [1.54, 1.807) is 0 Å². The second-order valence-corrected chi connectivity index (χ2v) is 4.67. The summed E-state index contributed by atoms with van der Waals surface area (Å²) >= 11 is 9.37. The van der Waals surface area contributed by atoms with E-state index < -0.39 is 0 Å². The highest BCUT2D eigenvalue weighted by molar-refractivity contribution is 9.10. The summed E-state index contributed by atoms with van der Waals surface area (Å²) in [6.07, 6.45) is 2.25. The van der Waals surface area contributed by atoms with Crippen molar-refractivity contribution in [3.05, 3.63) is 27.7 Å². The van der Waals surface area contributed by atoms with Crippen molar-refractivity contribution < 1.29 is 0 Å². The van der Waals surface area contributed by atoms with Crippen LogP contribution in [0.2, 0.25) is 5.02 Å². The fraction of sp³-hybridized carbons (Fsp3) is 0.455. The smallest absolute Gasteiger partial charge is 0.0437 e. The molecule has 1 aromatic carbocycles. The second-order valence-electron chi connectivity index (χ2n) is 3.32. The Morgan fingerprint density at radius 2 is 1.93 bits per heavy atom. The molecule has 1 aromatic rings. The van der Waals surface area contributed by atoms with Crippen molar-refractivity contribution in [1.29, 1.82) is 0 Å². The zero-order chi connectivity index (χ0) is 10.6. The molecule has 0 aliphatic carbocycles. The summed E-state index contributed by atoms with van der Waals surface area (Å²) in [7, 11) is 0. The number of hydrogen-bond donors (Lipinski definition) is 1. The first-order valence-corrected chi connectivity index (χ1v) is 6.05. The van der Waals surface area contributed by atoms with E-state index in [9.17, 15) is 0 Å². The van der Waals surface area contributed by atoms with Crippen LogP contribution in [0.25, 0.3) is 0 Å². The number of benzene rings is 1. The predicted molar refractivity (Wildman–Crippen MR) is 67.1 cm³/mol. The van der Waals surface area contributed by atoms with E-state index in [2.05, 4.69) is 35.1 Å². The average Bonchev–Trinajstić information content (AvgIpc) is 2.12. The second kappa shape index (κ2) is 5.62. The molecular weight excluding hydrogens is 261 g/mol. The van der Waals surface area contributed by atoms with Crippen LogP contribution in [-0.4, -0.2) is 6.04 Å². The first-order chi connectivity index (χ1) is 6.65. The van der Waals surface area contributed by atoms with Gasteiger partial charge in [0.1, 0.15) is 0 Å². The van der Waals surface area contributed by atoms with Crippen molar-refractivity contribution >= 4 is 33.2 Å². The van der Waals surface area contributed by atoms with Gasteiger partial charge in [-0.1, -0.05) is 41.4 Å². The summed E-state index contributed by atoms with van der Waals surface area (Å²) in [6.45, 7) is 4.36. The lowest BCUT2D eigenvalue weighted by molar-refractivity contribution is 0.672. The molecule has 0 saturated carbocycles. The van der Waals surface area contributed by atoms with Crippen molar-refractivity contribution in [3.8, 4) is 0 Å². The topological polar surface area (TPSA) is 12.0 Å². The van der Waals surface area contributed by atoms with Crippen LogP contribution >= 0.6 is 27.5 Å². The van der Waals surface area contributed by atoms with Gasteiger partial charge in [-0.15, -0.1) is 0 Å². The highest BCUT2D eigenvalue weighted by Crippen LogP contribution is 2.23. The van der Waals surface area contributed by atoms with Crippen molar-refractivity contribution in [3.63, 3.8) is 0 Å². The maximum absolute atomic E-state index is 5.95. The van der Waals surface area contributed by atoms with Gasteiger partial charge in [-0.05, 0) is 31.0 Å². The number of rotatable bonds is 4. The molecule has 0 atom stereocenters. The number of hydrogen-bond acceptors (Lipinski definition) is 1. The van der Waals surface area contributed by atoms with E-state index in [1.165, 1.54) is 0 Å². The molecule has 1 N–H and O–H groups in total. The van der Waals surface area contributed by atoms with E-state index >= 15 is 0 Å². The molecule has 0 aliphatic heterocycles. The molecule has 1 nitrogen and oxygen atoms in total. The van der Waals surface area contributed by atoms with Gasteiger partial charge >= 0.3 is 0 Å². The molecule has 0 amide bonds. The average molecular weight is 277 g/mol. The summed E-state index contributed by atoms with van der Waals surface area (Å²) in [6, 6.07) is 6.41. The van der Waals surface area contributed by atoms with Crippen LogP contribution in [0, 0.1) is 0 Å². The third-order valence-electron chi connectivity index (χ3n) is 2.22. The SMILES string of the molecule is CCC(CC)Nc1cc(Cl)cc(Br)c1. The minimum absolute atomic E-state index is 0.528. The highest BCUT2D eigenvalue weighted by Gasteiger charge is 2.04. The Morgan fingerprint density at radius 3 is 2.43 bits per heavy atom. The maximum atomic E-state index is 5.95. The van der Waals surface area contributed by atoms with E-state index in [0.717, 1.165) is 28.0 Å². The zero-order valence-electron chi connectivity index (χ0n) is 8.48. The summed E-state index contributed by atoms with van der Waals surface area (Å²) in [4.78, 5) is 0. The molecule has 0 bridgehead atoms. The minimum atomic E-state index is 0.528. The van der Waals surface area contributed by atoms with Crippen LogP contribution in [0.1, 0.15) is 26.7 Å². The zero-order valence-corrected chi connectivity index (χ0v) is 10.8. The quantitative estimate of drug-likeness (QED) is 0.840. The first-order valence-electron chi connectivity index (χ1n) is 4.88. The molecule has 0 heterocycles. The summed E-state index contributed by atoms with van der Waals surface area (Å²) in [5.41, 5.74) is 1.08. The molecule has 14 heavy (non-hydrogen) atoms. The van der Waals surface area contributed by atoms with Gasteiger partial charge in [0, 0.05) is 21.2 Å². The summed E-state index contributed by atoms with van der Waals surface area (Å²) in [5.74, 6) is 0. The molecule has 0 spiro atoms. The van der Waals surface area contributed by atoms with E-state index in [1.807, 2.05) is 18.2 Å². The number of anilines is 1. The van der Waals surface area contributed by atoms with Gasteiger partial charge in [-0.3, -0.25) is 0 Å². The molecule has 0 aliphatic rings. The van der Waals surface area contributed by atoms with Crippen LogP contribution in [0.5, 0.6) is 0 Å². The van der Waals surface area contributed by atoms with Gasteiger partial charge < -0.3 is 5.32 Å². The van der Waals surface area contributed by atoms with Gasteiger partial charge in [-0.25, -0.2) is 0 Å². The van der Waals surface area contributed by atoms with Crippen molar-refractivity contribution in [2.75, 3.05) is 5.32 Å². The Labute approximate surface area is 99.0 Å². The Hall–Kier alpha value is -0.210. The monoisotopic (exact) mass is 275 g/mol. The Balaban J connectivity index is 2.75. The fourth-order valence-electron chi connectivity index (χ4n) is 1.37. The summed E-state index contributed by atoms with van der Waals surface area (Å²) in [5, 5.41) is 4.20. The van der Waals surface area contributed by atoms with Gasteiger partial charge in [-0.2, -0.15) is 0 Å². The molecule has 0 saturated heterocycles. The highest BCUT2D eigenvalue weighted by atomic mass is 79.9. The van der Waals surface area contributed by atoms with Crippen molar-refractivity contribution in [2.24, 2.45) is 0 Å². The van der Waals surface area contributed by atoms with Gasteiger partial charge in [0.15, 0.2) is 0 Å². The first kappa shape index (κ1) is 11.9. The maximum Gasteiger partial charge on any atom is 0.0437 e.